The molecule has 0 spiro atoms. The van der Waals surface area contributed by atoms with Gasteiger partial charge in [-0.25, -0.2) is 0 Å². The van der Waals surface area contributed by atoms with E-state index in [4.69, 9.17) is 9.47 Å². The molecule has 4 heteroatoms. The van der Waals surface area contributed by atoms with E-state index in [-0.39, 0.29) is 18.6 Å². The van der Waals surface area contributed by atoms with Gasteiger partial charge in [0.2, 0.25) is 0 Å². The number of nitrogens with one attached hydrogen (secondary N) is 1. The first-order valence-corrected chi connectivity index (χ1v) is 8.12. The van der Waals surface area contributed by atoms with Gasteiger partial charge in [-0.05, 0) is 63.1 Å². The second-order valence-electron chi connectivity index (χ2n) is 6.20. The van der Waals surface area contributed by atoms with E-state index in [0.29, 0.717) is 12.4 Å². The van der Waals surface area contributed by atoms with Crippen molar-refractivity contribution in [2.75, 3.05) is 13.2 Å². The molecular weight excluding hydrogens is 302 g/mol. The molecule has 1 N–H and O–H groups in total. The van der Waals surface area contributed by atoms with Gasteiger partial charge in [-0.3, -0.25) is 4.79 Å². The van der Waals surface area contributed by atoms with Crippen molar-refractivity contribution in [3.63, 3.8) is 0 Å². The number of carbonyl (C=O) groups is 1. The van der Waals surface area contributed by atoms with Crippen LogP contribution in [0.25, 0.3) is 0 Å². The van der Waals surface area contributed by atoms with Gasteiger partial charge in [0.25, 0.3) is 5.91 Å². The van der Waals surface area contributed by atoms with Gasteiger partial charge in [0.15, 0.2) is 6.61 Å². The summed E-state index contributed by atoms with van der Waals surface area (Å²) in [4.78, 5) is 12.0. The Balaban J connectivity index is 1.74. The zero-order valence-corrected chi connectivity index (χ0v) is 14.8. The van der Waals surface area contributed by atoms with Gasteiger partial charge in [-0.1, -0.05) is 23.8 Å². The molecule has 0 unspecified atom stereocenters. The highest BCUT2D eigenvalue weighted by molar-refractivity contribution is 5.77. The van der Waals surface area contributed by atoms with Crippen molar-refractivity contribution in [2.45, 2.75) is 33.7 Å². The molecule has 0 heterocycles. The number of hydrogen-bond donors (Lipinski definition) is 1. The summed E-state index contributed by atoms with van der Waals surface area (Å²) in [5.74, 6) is 1.36. The monoisotopic (exact) mass is 327 g/mol. The van der Waals surface area contributed by atoms with E-state index < -0.39 is 0 Å². The van der Waals surface area contributed by atoms with Crippen LogP contribution in [-0.2, 0) is 4.79 Å². The lowest BCUT2D eigenvalue weighted by atomic mass is 10.1. The van der Waals surface area contributed by atoms with E-state index in [0.717, 1.165) is 16.9 Å². The molecule has 24 heavy (non-hydrogen) atoms. The van der Waals surface area contributed by atoms with Crippen molar-refractivity contribution in [1.29, 1.82) is 0 Å². The third kappa shape index (κ3) is 5.95. The smallest absolute Gasteiger partial charge is 0.258 e. The quantitative estimate of drug-likeness (QED) is 0.845. The van der Waals surface area contributed by atoms with Crippen LogP contribution in [0.3, 0.4) is 0 Å². The van der Waals surface area contributed by atoms with Crippen molar-refractivity contribution >= 4 is 5.91 Å². The summed E-state index contributed by atoms with van der Waals surface area (Å²) in [5.41, 5.74) is 3.42. The molecule has 2 aromatic rings. The number of ether oxygens (including phenoxy) is 2. The summed E-state index contributed by atoms with van der Waals surface area (Å²) < 4.78 is 11.2. The third-order valence-corrected chi connectivity index (χ3v) is 3.49. The Bertz CT molecular complexity index is 660. The van der Waals surface area contributed by atoms with Crippen LogP contribution in [0.4, 0.5) is 0 Å². The van der Waals surface area contributed by atoms with Gasteiger partial charge < -0.3 is 14.8 Å². The minimum atomic E-state index is -0.158. The number of rotatable bonds is 7. The summed E-state index contributed by atoms with van der Waals surface area (Å²) >= 11 is 0. The van der Waals surface area contributed by atoms with Gasteiger partial charge in [0, 0.05) is 0 Å². The Morgan fingerprint density at radius 1 is 0.917 bits per heavy atom. The number of aryl methyl sites for hydroxylation is 3. The lowest BCUT2D eigenvalue weighted by Crippen LogP contribution is -2.39. The fourth-order valence-corrected chi connectivity index (χ4v) is 2.38. The molecule has 0 aliphatic heterocycles. The van der Waals surface area contributed by atoms with Crippen molar-refractivity contribution in [3.05, 3.63) is 59.2 Å². The minimum Gasteiger partial charge on any atom is -0.491 e. The Morgan fingerprint density at radius 3 is 2.17 bits per heavy atom. The van der Waals surface area contributed by atoms with E-state index in [9.17, 15) is 4.79 Å². The highest BCUT2D eigenvalue weighted by Crippen LogP contribution is 2.16. The summed E-state index contributed by atoms with van der Waals surface area (Å²) in [7, 11) is 0. The predicted molar refractivity (Wildman–Crippen MR) is 95.7 cm³/mol. The molecule has 2 rings (SSSR count). The van der Waals surface area contributed by atoms with Crippen molar-refractivity contribution in [1.82, 2.24) is 5.32 Å². The van der Waals surface area contributed by atoms with Gasteiger partial charge in [-0.15, -0.1) is 0 Å². The average molecular weight is 327 g/mol. The van der Waals surface area contributed by atoms with Crippen LogP contribution < -0.4 is 14.8 Å². The Labute approximate surface area is 143 Å². The van der Waals surface area contributed by atoms with Crippen LogP contribution in [0.1, 0.15) is 23.6 Å². The lowest BCUT2D eigenvalue weighted by Gasteiger charge is -2.15. The molecule has 0 saturated carbocycles. The number of amides is 1. The average Bonchev–Trinajstić information content (AvgIpc) is 2.51. The van der Waals surface area contributed by atoms with Crippen molar-refractivity contribution < 1.29 is 14.3 Å². The molecule has 2 aromatic carbocycles. The van der Waals surface area contributed by atoms with Crippen molar-refractivity contribution in [3.8, 4) is 11.5 Å². The number of hydrogen-bond acceptors (Lipinski definition) is 3. The maximum atomic E-state index is 12.0. The molecular formula is C20H25NO3. The summed E-state index contributed by atoms with van der Waals surface area (Å²) in [5, 5.41) is 2.87. The maximum absolute atomic E-state index is 12.0. The van der Waals surface area contributed by atoms with Gasteiger partial charge in [0.05, 0.1) is 6.04 Å². The van der Waals surface area contributed by atoms with Crippen LogP contribution in [0.5, 0.6) is 11.5 Å². The molecule has 1 amide bonds. The fraction of sp³-hybridized carbons (Fsp3) is 0.350. The fourth-order valence-electron chi connectivity index (χ4n) is 2.38. The van der Waals surface area contributed by atoms with E-state index in [1.54, 1.807) is 0 Å². The summed E-state index contributed by atoms with van der Waals surface area (Å²) in [6.45, 7) is 8.36. The first kappa shape index (κ1) is 17.9. The largest absolute Gasteiger partial charge is 0.491 e. The highest BCUT2D eigenvalue weighted by atomic mass is 16.5. The van der Waals surface area contributed by atoms with Crippen LogP contribution in [0.2, 0.25) is 0 Å². The molecule has 0 aliphatic carbocycles. The van der Waals surface area contributed by atoms with Gasteiger partial charge in [0.1, 0.15) is 18.1 Å². The summed E-state index contributed by atoms with van der Waals surface area (Å²) in [6.07, 6.45) is 0. The topological polar surface area (TPSA) is 47.6 Å². The highest BCUT2D eigenvalue weighted by Gasteiger charge is 2.09. The first-order chi connectivity index (χ1) is 11.4. The van der Waals surface area contributed by atoms with Crippen LogP contribution in [0, 0.1) is 20.8 Å². The predicted octanol–water partition coefficient (Wildman–Crippen LogP) is 3.57. The summed E-state index contributed by atoms with van der Waals surface area (Å²) in [6, 6.07) is 13.7. The number of carbonyl (C=O) groups excluding carboxylic acids is 1. The molecule has 0 saturated heterocycles. The maximum Gasteiger partial charge on any atom is 0.258 e. The third-order valence-electron chi connectivity index (χ3n) is 3.49. The van der Waals surface area contributed by atoms with Crippen molar-refractivity contribution in [2.24, 2.45) is 0 Å². The molecule has 0 bridgehead atoms. The van der Waals surface area contributed by atoms with E-state index >= 15 is 0 Å². The standard InChI is InChI=1S/C20H25NO3/c1-14-5-7-18(8-6-14)23-12-17(4)21-20(22)13-24-19-10-15(2)9-16(3)11-19/h5-11,17H,12-13H2,1-4H3,(H,21,22)/t17-/m1/s1. The van der Waals surface area contributed by atoms with Crippen LogP contribution in [-0.4, -0.2) is 25.2 Å². The molecule has 0 aliphatic rings. The van der Waals surface area contributed by atoms with Crippen LogP contribution in [0.15, 0.2) is 42.5 Å². The molecule has 1 atom stereocenters. The second-order valence-corrected chi connectivity index (χ2v) is 6.20. The normalized spacial score (nSPS) is 11.7. The Hall–Kier alpha value is -2.49. The van der Waals surface area contributed by atoms with Crippen LogP contribution >= 0.6 is 0 Å². The molecule has 4 nitrogen and oxygen atoms in total. The van der Waals surface area contributed by atoms with E-state index in [1.807, 2.05) is 64.1 Å². The minimum absolute atomic E-state index is 0.00222. The van der Waals surface area contributed by atoms with Gasteiger partial charge in [-0.2, -0.15) is 0 Å². The van der Waals surface area contributed by atoms with E-state index in [2.05, 4.69) is 11.4 Å². The van der Waals surface area contributed by atoms with E-state index in [1.165, 1.54) is 5.56 Å². The first-order valence-electron chi connectivity index (χ1n) is 8.12. The second kappa shape index (κ2) is 8.39. The molecule has 0 radical (unpaired) electrons. The Morgan fingerprint density at radius 2 is 1.54 bits per heavy atom. The molecule has 128 valence electrons. The lowest BCUT2D eigenvalue weighted by molar-refractivity contribution is -0.123. The zero-order chi connectivity index (χ0) is 17.5. The van der Waals surface area contributed by atoms with Gasteiger partial charge >= 0.3 is 0 Å². The number of benzene rings is 2. The zero-order valence-electron chi connectivity index (χ0n) is 14.8. The molecule has 0 aromatic heterocycles. The SMILES string of the molecule is Cc1ccc(OC[C@@H](C)NC(=O)COc2cc(C)cc(C)c2)cc1. The molecule has 0 fully saturated rings. The Kier molecular flexibility index (Phi) is 6.24.